The number of anilines is 1. The lowest BCUT2D eigenvalue weighted by atomic mass is 10.0. The number of nitrogens with zero attached hydrogens (tertiary/aromatic N) is 1. The van der Waals surface area contributed by atoms with Crippen LogP contribution in [0.3, 0.4) is 0 Å². The first-order valence-electron chi connectivity index (χ1n) is 8.40. The third kappa shape index (κ3) is 2.49. The van der Waals surface area contributed by atoms with Gasteiger partial charge in [-0.25, -0.2) is 4.99 Å². The number of fused-ring (bicyclic) bond motifs is 2. The first-order valence-corrected chi connectivity index (χ1v) is 8.40. The van der Waals surface area contributed by atoms with E-state index in [1.165, 1.54) is 0 Å². The van der Waals surface area contributed by atoms with Crippen molar-refractivity contribution in [3.8, 4) is 11.5 Å². The van der Waals surface area contributed by atoms with E-state index in [1.807, 2.05) is 32.0 Å². The SMILES string of the molecule is COc1ccc([C@@H]2OC3=Nc4cc(C)c(C)cc4N[C@@H]3C2=O)cc1OC. The Hall–Kier alpha value is -3.02. The van der Waals surface area contributed by atoms with E-state index in [9.17, 15) is 4.79 Å². The molecule has 0 radical (unpaired) electrons. The molecule has 0 saturated carbocycles. The van der Waals surface area contributed by atoms with Gasteiger partial charge in [0.25, 0.3) is 0 Å². The third-order valence-corrected chi connectivity index (χ3v) is 4.88. The molecule has 0 bridgehead atoms. The second kappa shape index (κ2) is 6.05. The van der Waals surface area contributed by atoms with E-state index in [0.29, 0.717) is 23.0 Å². The number of methoxy groups -OCH3 is 2. The van der Waals surface area contributed by atoms with Crippen molar-refractivity contribution in [3.63, 3.8) is 0 Å². The van der Waals surface area contributed by atoms with Crippen LogP contribution in [0.4, 0.5) is 11.4 Å². The molecule has 1 saturated heterocycles. The minimum atomic E-state index is -0.720. The van der Waals surface area contributed by atoms with Gasteiger partial charge in [0.2, 0.25) is 11.7 Å². The number of Topliss-reactive ketones (excluding diaryl/α,β-unsaturated/α-hetero) is 1. The molecule has 0 aliphatic carbocycles. The number of carbonyl (C=O) groups is 1. The number of nitrogens with one attached hydrogen (secondary N) is 1. The molecule has 134 valence electrons. The van der Waals surface area contributed by atoms with Crippen molar-refractivity contribution < 1.29 is 19.0 Å². The van der Waals surface area contributed by atoms with Gasteiger partial charge in [-0.1, -0.05) is 6.07 Å². The second-order valence-electron chi connectivity index (χ2n) is 6.50. The summed E-state index contributed by atoms with van der Waals surface area (Å²) in [6, 6.07) is 8.79. The molecular formula is C20H20N2O4. The van der Waals surface area contributed by atoms with Gasteiger partial charge in [-0.3, -0.25) is 4.79 Å². The number of benzene rings is 2. The molecule has 2 aliphatic heterocycles. The van der Waals surface area contributed by atoms with Crippen LogP contribution < -0.4 is 14.8 Å². The molecule has 0 aromatic heterocycles. The van der Waals surface area contributed by atoms with Gasteiger partial charge in [-0.05, 0) is 49.2 Å². The third-order valence-electron chi connectivity index (χ3n) is 4.88. The van der Waals surface area contributed by atoms with E-state index in [1.54, 1.807) is 26.4 Å². The van der Waals surface area contributed by atoms with E-state index >= 15 is 0 Å². The Morgan fingerprint density at radius 3 is 2.50 bits per heavy atom. The van der Waals surface area contributed by atoms with Crippen LogP contribution in [-0.4, -0.2) is 31.9 Å². The van der Waals surface area contributed by atoms with Gasteiger partial charge in [0.05, 0.1) is 25.6 Å². The van der Waals surface area contributed by atoms with Crippen LogP contribution in [0.25, 0.3) is 0 Å². The van der Waals surface area contributed by atoms with E-state index in [-0.39, 0.29) is 5.78 Å². The van der Waals surface area contributed by atoms with Gasteiger partial charge >= 0.3 is 0 Å². The Morgan fingerprint density at radius 1 is 1.04 bits per heavy atom. The van der Waals surface area contributed by atoms with E-state index in [4.69, 9.17) is 14.2 Å². The molecule has 2 atom stereocenters. The molecule has 1 N–H and O–H groups in total. The molecule has 2 heterocycles. The lowest BCUT2D eigenvalue weighted by Gasteiger charge is -2.20. The predicted molar refractivity (Wildman–Crippen MR) is 98.8 cm³/mol. The highest BCUT2D eigenvalue weighted by Gasteiger charge is 2.44. The summed E-state index contributed by atoms with van der Waals surface area (Å²) in [4.78, 5) is 17.5. The average Bonchev–Trinajstić information content (AvgIpc) is 2.96. The maximum Gasteiger partial charge on any atom is 0.220 e. The molecular weight excluding hydrogens is 332 g/mol. The Morgan fingerprint density at radius 2 is 1.77 bits per heavy atom. The summed E-state index contributed by atoms with van der Waals surface area (Å²) in [6.45, 7) is 4.07. The van der Waals surface area contributed by atoms with Crippen LogP contribution in [0.5, 0.6) is 11.5 Å². The van der Waals surface area contributed by atoms with E-state index in [0.717, 1.165) is 22.5 Å². The van der Waals surface area contributed by atoms with Crippen LogP contribution >= 0.6 is 0 Å². The highest BCUT2D eigenvalue weighted by atomic mass is 16.5. The van der Waals surface area contributed by atoms with Crippen molar-refractivity contribution in [1.82, 2.24) is 0 Å². The molecule has 0 spiro atoms. The van der Waals surface area contributed by atoms with Crippen LogP contribution in [0.15, 0.2) is 35.3 Å². The number of rotatable bonds is 3. The summed E-state index contributed by atoms with van der Waals surface area (Å²) < 4.78 is 16.5. The number of hydrogen-bond donors (Lipinski definition) is 1. The van der Waals surface area contributed by atoms with Crippen molar-refractivity contribution >= 4 is 23.1 Å². The normalized spacial score (nSPS) is 20.5. The second-order valence-corrected chi connectivity index (χ2v) is 6.50. The van der Waals surface area contributed by atoms with Crippen LogP contribution in [0.1, 0.15) is 22.8 Å². The van der Waals surface area contributed by atoms with Crippen molar-refractivity contribution in [3.05, 3.63) is 47.0 Å². The molecule has 6 heteroatoms. The largest absolute Gasteiger partial charge is 0.493 e. The fourth-order valence-electron chi connectivity index (χ4n) is 3.28. The van der Waals surface area contributed by atoms with E-state index < -0.39 is 12.1 Å². The maximum atomic E-state index is 12.9. The summed E-state index contributed by atoms with van der Waals surface area (Å²) in [7, 11) is 3.13. The summed E-state index contributed by atoms with van der Waals surface area (Å²) >= 11 is 0. The summed E-state index contributed by atoms with van der Waals surface area (Å²) in [5.41, 5.74) is 4.65. The zero-order valence-electron chi connectivity index (χ0n) is 15.1. The fraction of sp³-hybridized carbons (Fsp3) is 0.300. The monoisotopic (exact) mass is 352 g/mol. The Balaban J connectivity index is 1.68. The van der Waals surface area contributed by atoms with Crippen molar-refractivity contribution in [1.29, 1.82) is 0 Å². The van der Waals surface area contributed by atoms with Crippen LogP contribution in [-0.2, 0) is 9.53 Å². The van der Waals surface area contributed by atoms with Gasteiger partial charge in [0.1, 0.15) is 0 Å². The maximum absolute atomic E-state index is 12.9. The lowest BCUT2D eigenvalue weighted by Crippen LogP contribution is -2.34. The molecule has 26 heavy (non-hydrogen) atoms. The number of aliphatic imine (C=N–C) groups is 1. The zero-order valence-corrected chi connectivity index (χ0v) is 15.1. The fourth-order valence-corrected chi connectivity index (χ4v) is 3.28. The van der Waals surface area contributed by atoms with Crippen molar-refractivity contribution in [2.24, 2.45) is 4.99 Å². The number of aryl methyl sites for hydroxylation is 2. The molecule has 2 aliphatic rings. The molecule has 1 fully saturated rings. The minimum absolute atomic E-state index is 0.0696. The molecule has 2 aromatic rings. The first kappa shape index (κ1) is 16.4. The Bertz CT molecular complexity index is 936. The summed E-state index contributed by atoms with van der Waals surface area (Å²) in [5.74, 6) is 1.50. The van der Waals surface area contributed by atoms with Gasteiger partial charge in [0.15, 0.2) is 23.6 Å². The number of ketones is 1. The Labute approximate surface area is 151 Å². The number of ether oxygens (including phenoxy) is 3. The Kier molecular flexibility index (Phi) is 3.83. The molecule has 2 aromatic carbocycles. The minimum Gasteiger partial charge on any atom is -0.493 e. The molecule has 0 amide bonds. The highest BCUT2D eigenvalue weighted by molar-refractivity contribution is 6.17. The number of carbonyl (C=O) groups excluding carboxylic acids is 1. The first-order chi connectivity index (χ1) is 12.5. The van der Waals surface area contributed by atoms with Gasteiger partial charge in [-0.2, -0.15) is 0 Å². The number of hydrogen-bond acceptors (Lipinski definition) is 6. The molecule has 4 rings (SSSR count). The van der Waals surface area contributed by atoms with Gasteiger partial charge < -0.3 is 19.5 Å². The lowest BCUT2D eigenvalue weighted by molar-refractivity contribution is -0.122. The smallest absolute Gasteiger partial charge is 0.220 e. The summed E-state index contributed by atoms with van der Waals surface area (Å²) in [6.07, 6.45) is -0.720. The zero-order chi connectivity index (χ0) is 18.4. The average molecular weight is 352 g/mol. The van der Waals surface area contributed by atoms with Crippen molar-refractivity contribution in [2.75, 3.05) is 19.5 Å². The van der Waals surface area contributed by atoms with Crippen LogP contribution in [0, 0.1) is 13.8 Å². The molecule has 6 nitrogen and oxygen atoms in total. The van der Waals surface area contributed by atoms with Crippen LogP contribution in [0.2, 0.25) is 0 Å². The van der Waals surface area contributed by atoms with Crippen molar-refractivity contribution in [2.45, 2.75) is 26.0 Å². The standard InChI is InChI=1S/C20H20N2O4/c1-10-7-13-14(8-11(10)2)22-20-17(21-13)18(23)19(26-20)12-5-6-15(24-3)16(9-12)25-4/h5-9,17,19,21H,1-4H3/t17-,19+/m1/s1. The predicted octanol–water partition coefficient (Wildman–Crippen LogP) is 3.49. The highest BCUT2D eigenvalue weighted by Crippen LogP contribution is 2.40. The topological polar surface area (TPSA) is 69.2 Å². The quantitative estimate of drug-likeness (QED) is 0.916. The van der Waals surface area contributed by atoms with Gasteiger partial charge in [-0.15, -0.1) is 0 Å². The van der Waals surface area contributed by atoms with Gasteiger partial charge in [0, 0.05) is 5.56 Å². The summed E-state index contributed by atoms with van der Waals surface area (Å²) in [5, 5.41) is 3.27. The van der Waals surface area contributed by atoms with E-state index in [2.05, 4.69) is 10.3 Å². The molecule has 0 unspecified atom stereocenters.